The molecule has 102 valence electrons. The standard InChI is InChI=1S/C14H24N2O2/c1-11(9-17)10-18-13-6-5-12(15-8-13)7-16-14(2,3)4/h5-6,8,11,16-17H,7,9-10H2,1-4H3. The lowest BCUT2D eigenvalue weighted by atomic mass is 10.1. The Kier molecular flexibility index (Phi) is 5.56. The van der Waals surface area contributed by atoms with Gasteiger partial charge in [-0.1, -0.05) is 6.92 Å². The SMILES string of the molecule is CC(CO)COc1ccc(CNC(C)(C)C)nc1. The van der Waals surface area contributed by atoms with Gasteiger partial charge in [0, 0.05) is 24.6 Å². The van der Waals surface area contributed by atoms with Gasteiger partial charge in [-0.05, 0) is 32.9 Å². The minimum atomic E-state index is 0.0907. The van der Waals surface area contributed by atoms with Crippen molar-refractivity contribution in [3.05, 3.63) is 24.0 Å². The summed E-state index contributed by atoms with van der Waals surface area (Å²) in [7, 11) is 0. The van der Waals surface area contributed by atoms with Gasteiger partial charge in [-0.3, -0.25) is 4.98 Å². The number of aromatic nitrogens is 1. The average Bonchev–Trinajstić information content (AvgIpc) is 2.33. The van der Waals surface area contributed by atoms with Gasteiger partial charge in [0.1, 0.15) is 5.75 Å². The molecule has 0 bridgehead atoms. The lowest BCUT2D eigenvalue weighted by Crippen LogP contribution is -2.35. The molecule has 0 aliphatic rings. The number of nitrogens with one attached hydrogen (secondary N) is 1. The first-order valence-electron chi connectivity index (χ1n) is 6.34. The highest BCUT2D eigenvalue weighted by Crippen LogP contribution is 2.11. The summed E-state index contributed by atoms with van der Waals surface area (Å²) >= 11 is 0. The Balaban J connectivity index is 2.42. The van der Waals surface area contributed by atoms with E-state index in [4.69, 9.17) is 9.84 Å². The second-order valence-electron chi connectivity index (χ2n) is 5.69. The monoisotopic (exact) mass is 252 g/mol. The zero-order chi connectivity index (χ0) is 13.6. The molecule has 0 saturated heterocycles. The molecular weight excluding hydrogens is 228 g/mol. The Bertz CT molecular complexity index is 344. The molecule has 18 heavy (non-hydrogen) atoms. The molecular formula is C14H24N2O2. The molecule has 4 nitrogen and oxygen atoms in total. The summed E-state index contributed by atoms with van der Waals surface area (Å²) in [5.74, 6) is 0.891. The maximum absolute atomic E-state index is 8.90. The van der Waals surface area contributed by atoms with E-state index < -0.39 is 0 Å². The van der Waals surface area contributed by atoms with E-state index in [1.807, 2.05) is 19.1 Å². The van der Waals surface area contributed by atoms with Crippen molar-refractivity contribution in [1.29, 1.82) is 0 Å². The van der Waals surface area contributed by atoms with Crippen molar-refractivity contribution in [3.63, 3.8) is 0 Å². The van der Waals surface area contributed by atoms with Crippen molar-refractivity contribution in [2.24, 2.45) is 5.92 Å². The predicted octanol–water partition coefficient (Wildman–Crippen LogP) is 1.98. The minimum absolute atomic E-state index is 0.0907. The Morgan fingerprint density at radius 2 is 2.11 bits per heavy atom. The maximum Gasteiger partial charge on any atom is 0.137 e. The summed E-state index contributed by atoms with van der Waals surface area (Å²) in [5, 5.41) is 12.3. The Labute approximate surface area is 109 Å². The molecule has 0 fully saturated rings. The van der Waals surface area contributed by atoms with Gasteiger partial charge >= 0.3 is 0 Å². The van der Waals surface area contributed by atoms with E-state index in [0.717, 1.165) is 18.0 Å². The molecule has 0 aliphatic heterocycles. The molecule has 2 N–H and O–H groups in total. The highest BCUT2D eigenvalue weighted by atomic mass is 16.5. The molecule has 1 aromatic rings. The first-order valence-corrected chi connectivity index (χ1v) is 6.34. The van der Waals surface area contributed by atoms with E-state index in [9.17, 15) is 0 Å². The molecule has 4 heteroatoms. The number of rotatable bonds is 6. The Hall–Kier alpha value is -1.13. The van der Waals surface area contributed by atoms with Crippen molar-refractivity contribution in [1.82, 2.24) is 10.3 Å². The summed E-state index contributed by atoms with van der Waals surface area (Å²) in [6, 6.07) is 3.87. The van der Waals surface area contributed by atoms with E-state index in [0.29, 0.717) is 6.61 Å². The van der Waals surface area contributed by atoms with Crippen LogP contribution in [0.15, 0.2) is 18.3 Å². The van der Waals surface area contributed by atoms with Crippen LogP contribution in [0.5, 0.6) is 5.75 Å². The van der Waals surface area contributed by atoms with Gasteiger partial charge in [0.15, 0.2) is 0 Å². The van der Waals surface area contributed by atoms with Gasteiger partial charge in [-0.15, -0.1) is 0 Å². The summed E-state index contributed by atoms with van der Waals surface area (Å²) in [6.45, 7) is 9.72. The Morgan fingerprint density at radius 3 is 2.61 bits per heavy atom. The number of pyridine rings is 1. The van der Waals surface area contributed by atoms with E-state index in [2.05, 4.69) is 31.1 Å². The van der Waals surface area contributed by atoms with Crippen LogP contribution in [0.3, 0.4) is 0 Å². The van der Waals surface area contributed by atoms with Crippen LogP contribution >= 0.6 is 0 Å². The van der Waals surface area contributed by atoms with Crippen LogP contribution in [0.25, 0.3) is 0 Å². The topological polar surface area (TPSA) is 54.4 Å². The third-order valence-corrected chi connectivity index (χ3v) is 2.44. The first-order chi connectivity index (χ1) is 8.40. The maximum atomic E-state index is 8.90. The molecule has 0 aromatic carbocycles. The van der Waals surface area contributed by atoms with Crippen molar-refractivity contribution in [3.8, 4) is 5.75 Å². The number of aliphatic hydroxyl groups is 1. The van der Waals surface area contributed by atoms with Crippen LogP contribution in [0, 0.1) is 5.92 Å². The van der Waals surface area contributed by atoms with Crippen molar-refractivity contribution in [2.45, 2.75) is 39.8 Å². The third-order valence-electron chi connectivity index (χ3n) is 2.44. The fraction of sp³-hybridized carbons (Fsp3) is 0.643. The number of hydrogen-bond acceptors (Lipinski definition) is 4. The molecule has 1 atom stereocenters. The lowest BCUT2D eigenvalue weighted by Gasteiger charge is -2.20. The molecule has 0 spiro atoms. The van der Waals surface area contributed by atoms with Crippen molar-refractivity contribution >= 4 is 0 Å². The average molecular weight is 252 g/mol. The molecule has 1 heterocycles. The van der Waals surface area contributed by atoms with Gasteiger partial charge < -0.3 is 15.2 Å². The van der Waals surface area contributed by atoms with Crippen LogP contribution in [-0.2, 0) is 6.54 Å². The molecule has 0 aliphatic carbocycles. The quantitative estimate of drug-likeness (QED) is 0.813. The second kappa shape index (κ2) is 6.71. The largest absolute Gasteiger partial charge is 0.492 e. The molecule has 1 unspecified atom stereocenters. The number of nitrogens with zero attached hydrogens (tertiary/aromatic N) is 1. The van der Waals surface area contributed by atoms with Gasteiger partial charge in [0.2, 0.25) is 0 Å². The van der Waals surface area contributed by atoms with Crippen LogP contribution in [0.2, 0.25) is 0 Å². The van der Waals surface area contributed by atoms with E-state index in [-0.39, 0.29) is 18.1 Å². The molecule has 0 saturated carbocycles. The zero-order valence-corrected chi connectivity index (χ0v) is 11.7. The van der Waals surface area contributed by atoms with Crippen LogP contribution in [-0.4, -0.2) is 28.8 Å². The molecule has 1 aromatic heterocycles. The number of ether oxygens (including phenoxy) is 1. The van der Waals surface area contributed by atoms with Crippen LogP contribution < -0.4 is 10.1 Å². The van der Waals surface area contributed by atoms with Gasteiger partial charge in [-0.25, -0.2) is 0 Å². The predicted molar refractivity (Wildman–Crippen MR) is 72.6 cm³/mol. The number of aliphatic hydroxyl groups excluding tert-OH is 1. The van der Waals surface area contributed by atoms with Gasteiger partial charge in [0.25, 0.3) is 0 Å². The third kappa shape index (κ3) is 5.98. The lowest BCUT2D eigenvalue weighted by molar-refractivity contribution is 0.174. The van der Waals surface area contributed by atoms with E-state index in [1.165, 1.54) is 0 Å². The smallest absolute Gasteiger partial charge is 0.137 e. The molecule has 1 rings (SSSR count). The van der Waals surface area contributed by atoms with E-state index in [1.54, 1.807) is 6.20 Å². The Morgan fingerprint density at radius 1 is 1.39 bits per heavy atom. The summed E-state index contributed by atoms with van der Waals surface area (Å²) in [5.41, 5.74) is 1.08. The second-order valence-corrected chi connectivity index (χ2v) is 5.69. The fourth-order valence-electron chi connectivity index (χ4n) is 1.25. The molecule has 0 radical (unpaired) electrons. The van der Waals surface area contributed by atoms with Gasteiger partial charge in [0.05, 0.1) is 18.5 Å². The minimum Gasteiger partial charge on any atom is -0.492 e. The fourth-order valence-corrected chi connectivity index (χ4v) is 1.25. The van der Waals surface area contributed by atoms with Crippen LogP contribution in [0.1, 0.15) is 33.4 Å². The zero-order valence-electron chi connectivity index (χ0n) is 11.7. The summed E-state index contributed by atoms with van der Waals surface area (Å²) in [6.07, 6.45) is 1.73. The highest BCUT2D eigenvalue weighted by molar-refractivity contribution is 5.19. The van der Waals surface area contributed by atoms with E-state index >= 15 is 0 Å². The molecule has 0 amide bonds. The normalized spacial score (nSPS) is 13.4. The van der Waals surface area contributed by atoms with Crippen LogP contribution in [0.4, 0.5) is 0 Å². The van der Waals surface area contributed by atoms with Crippen molar-refractivity contribution in [2.75, 3.05) is 13.2 Å². The van der Waals surface area contributed by atoms with Gasteiger partial charge in [-0.2, -0.15) is 0 Å². The summed E-state index contributed by atoms with van der Waals surface area (Å²) < 4.78 is 5.52. The summed E-state index contributed by atoms with van der Waals surface area (Å²) in [4.78, 5) is 4.34. The number of hydrogen-bond donors (Lipinski definition) is 2. The highest BCUT2D eigenvalue weighted by Gasteiger charge is 2.08. The van der Waals surface area contributed by atoms with Crippen molar-refractivity contribution < 1.29 is 9.84 Å². The first kappa shape index (κ1) is 14.9.